The normalized spacial score (nSPS) is 13.8. The number of aryl methyl sites for hydroxylation is 1. The number of nitrogens with two attached hydrogens (primary N) is 1. The molecule has 0 bridgehead atoms. The number of esters is 1. The molecule has 0 radical (unpaired) electrons. The second kappa shape index (κ2) is 7.53. The molecule has 138 valence electrons. The van der Waals surface area contributed by atoms with Crippen LogP contribution in [0.4, 0.5) is 5.69 Å². The lowest BCUT2D eigenvalue weighted by atomic mass is 9.90. The summed E-state index contributed by atoms with van der Waals surface area (Å²) in [5.74, 6) is -0.367. The quantitative estimate of drug-likeness (QED) is 0.641. The van der Waals surface area contributed by atoms with Gasteiger partial charge >= 0.3 is 5.97 Å². The largest absolute Gasteiger partial charge is 0.462 e. The molecular weight excluding hydrogens is 356 g/mol. The van der Waals surface area contributed by atoms with Gasteiger partial charge in [0.25, 0.3) is 0 Å². The number of hydrogen-bond donors (Lipinski definition) is 1. The van der Waals surface area contributed by atoms with Gasteiger partial charge in [-0.3, -0.25) is 0 Å². The number of carbonyl (C=O) groups is 1. The van der Waals surface area contributed by atoms with Crippen LogP contribution in [0, 0.1) is 0 Å². The summed E-state index contributed by atoms with van der Waals surface area (Å²) in [6, 6.07) is 10.2. The molecular formula is C22H22N2O2S. The lowest BCUT2D eigenvalue weighted by Crippen LogP contribution is -2.08. The molecule has 2 aromatic heterocycles. The van der Waals surface area contributed by atoms with Crippen LogP contribution in [0.2, 0.25) is 0 Å². The smallest absolute Gasteiger partial charge is 0.350 e. The van der Waals surface area contributed by atoms with Crippen LogP contribution in [0.25, 0.3) is 22.4 Å². The van der Waals surface area contributed by atoms with Gasteiger partial charge in [0.2, 0.25) is 0 Å². The minimum absolute atomic E-state index is 0.331. The third kappa shape index (κ3) is 3.35. The summed E-state index contributed by atoms with van der Waals surface area (Å²) in [4.78, 5) is 18.4. The van der Waals surface area contributed by atoms with E-state index in [4.69, 9.17) is 15.5 Å². The Labute approximate surface area is 162 Å². The van der Waals surface area contributed by atoms with E-state index in [9.17, 15) is 4.79 Å². The van der Waals surface area contributed by atoms with E-state index >= 15 is 0 Å². The van der Waals surface area contributed by atoms with Gasteiger partial charge in [-0.2, -0.15) is 0 Å². The van der Waals surface area contributed by atoms with Gasteiger partial charge in [0.1, 0.15) is 9.71 Å². The first-order valence-electron chi connectivity index (χ1n) is 9.33. The number of pyridine rings is 1. The van der Waals surface area contributed by atoms with Gasteiger partial charge < -0.3 is 10.5 Å². The molecule has 4 nitrogen and oxygen atoms in total. The molecule has 1 aromatic carbocycles. The molecule has 1 aliphatic carbocycles. The third-order valence-corrected chi connectivity index (χ3v) is 5.98. The number of carbonyl (C=O) groups excluding carboxylic acids is 1. The molecule has 1 aliphatic rings. The molecule has 3 aromatic rings. The van der Waals surface area contributed by atoms with Gasteiger partial charge in [-0.25, -0.2) is 9.78 Å². The number of hydrogen-bond acceptors (Lipinski definition) is 5. The molecule has 0 spiro atoms. The molecule has 0 saturated carbocycles. The Morgan fingerprint density at radius 2 is 2.00 bits per heavy atom. The maximum absolute atomic E-state index is 12.3. The molecule has 0 fully saturated rings. The summed E-state index contributed by atoms with van der Waals surface area (Å²) in [6.45, 7) is 2.13. The summed E-state index contributed by atoms with van der Waals surface area (Å²) < 4.78 is 5.18. The number of thiophene rings is 1. The van der Waals surface area contributed by atoms with Crippen LogP contribution in [0.3, 0.4) is 0 Å². The number of ether oxygens (including phenoxy) is 1. The minimum atomic E-state index is -0.367. The highest BCUT2D eigenvalue weighted by molar-refractivity contribution is 7.21. The van der Waals surface area contributed by atoms with Gasteiger partial charge in [0, 0.05) is 11.1 Å². The molecule has 4 rings (SSSR count). The maximum Gasteiger partial charge on any atom is 0.350 e. The Morgan fingerprint density at radius 1 is 1.22 bits per heavy atom. The fraction of sp³-hybridized carbons (Fsp3) is 0.273. The summed E-state index contributed by atoms with van der Waals surface area (Å²) >= 11 is 1.34. The van der Waals surface area contributed by atoms with Crippen molar-refractivity contribution in [3.8, 4) is 0 Å². The van der Waals surface area contributed by atoms with E-state index in [2.05, 4.69) is 24.3 Å². The Hall–Kier alpha value is -2.66. The predicted octanol–water partition coefficient (Wildman–Crippen LogP) is 5.10. The van der Waals surface area contributed by atoms with Crippen molar-refractivity contribution in [2.24, 2.45) is 0 Å². The maximum atomic E-state index is 12.3. The molecule has 5 heteroatoms. The molecule has 2 heterocycles. The first-order valence-corrected chi connectivity index (χ1v) is 10.1. The molecule has 0 amide bonds. The van der Waals surface area contributed by atoms with Crippen molar-refractivity contribution in [1.82, 2.24) is 4.98 Å². The van der Waals surface area contributed by atoms with Crippen LogP contribution < -0.4 is 5.73 Å². The fourth-order valence-electron chi connectivity index (χ4n) is 3.62. The van der Waals surface area contributed by atoms with Crippen LogP contribution in [0.15, 0.2) is 30.3 Å². The van der Waals surface area contributed by atoms with Gasteiger partial charge in [0.05, 0.1) is 12.3 Å². The van der Waals surface area contributed by atoms with Crippen molar-refractivity contribution in [2.45, 2.75) is 32.6 Å². The molecule has 0 atom stereocenters. The zero-order valence-corrected chi connectivity index (χ0v) is 16.1. The topological polar surface area (TPSA) is 65.2 Å². The summed E-state index contributed by atoms with van der Waals surface area (Å²) in [5.41, 5.74) is 11.5. The third-order valence-electron chi connectivity index (χ3n) is 4.90. The van der Waals surface area contributed by atoms with Crippen molar-refractivity contribution >= 4 is 45.4 Å². The predicted molar refractivity (Wildman–Crippen MR) is 112 cm³/mol. The van der Waals surface area contributed by atoms with E-state index in [0.717, 1.165) is 52.7 Å². The lowest BCUT2D eigenvalue weighted by Gasteiger charge is -2.18. The first kappa shape index (κ1) is 17.7. The molecule has 2 N–H and O–H groups in total. The van der Waals surface area contributed by atoms with Gasteiger partial charge in [0.15, 0.2) is 0 Å². The monoisotopic (exact) mass is 378 g/mol. The van der Waals surface area contributed by atoms with E-state index < -0.39 is 0 Å². The SMILES string of the molecule is CCOC(=O)c1sc2nc3c(c(/C=C/c4ccccc4)c2c1N)CCCC3. The highest BCUT2D eigenvalue weighted by Crippen LogP contribution is 2.40. The fourth-order valence-corrected chi connectivity index (χ4v) is 4.65. The second-order valence-electron chi connectivity index (χ2n) is 6.65. The highest BCUT2D eigenvalue weighted by atomic mass is 32.1. The van der Waals surface area contributed by atoms with Crippen LogP contribution in [0.5, 0.6) is 0 Å². The number of aromatic nitrogens is 1. The van der Waals surface area contributed by atoms with Crippen LogP contribution in [-0.2, 0) is 17.6 Å². The number of nitrogens with zero attached hydrogens (tertiary/aromatic N) is 1. The van der Waals surface area contributed by atoms with Gasteiger partial charge in [-0.1, -0.05) is 42.5 Å². The van der Waals surface area contributed by atoms with E-state index in [0.29, 0.717) is 17.2 Å². The van der Waals surface area contributed by atoms with Crippen molar-refractivity contribution in [1.29, 1.82) is 0 Å². The summed E-state index contributed by atoms with van der Waals surface area (Å²) in [6.07, 6.45) is 8.51. The number of benzene rings is 1. The lowest BCUT2D eigenvalue weighted by molar-refractivity contribution is 0.0533. The van der Waals surface area contributed by atoms with Crippen LogP contribution in [0.1, 0.15) is 51.8 Å². The summed E-state index contributed by atoms with van der Waals surface area (Å²) in [7, 11) is 0. The van der Waals surface area contributed by atoms with Crippen molar-refractivity contribution in [3.63, 3.8) is 0 Å². The number of anilines is 1. The standard InChI is InChI=1S/C22H22N2O2S/c1-2-26-22(25)20-19(23)18-16(13-12-14-8-4-3-5-9-14)15-10-6-7-11-17(15)24-21(18)27-20/h3-5,8-9,12-13H,2,6-7,10-11,23H2,1H3/b13-12+. The zero-order valence-electron chi connectivity index (χ0n) is 15.3. The van der Waals surface area contributed by atoms with E-state index in [1.807, 2.05) is 18.2 Å². The average Bonchev–Trinajstić information content (AvgIpc) is 3.02. The van der Waals surface area contributed by atoms with Crippen molar-refractivity contribution < 1.29 is 9.53 Å². The van der Waals surface area contributed by atoms with Crippen LogP contribution >= 0.6 is 11.3 Å². The number of nitrogen functional groups attached to an aromatic ring is 1. The van der Waals surface area contributed by atoms with Crippen LogP contribution in [-0.4, -0.2) is 17.6 Å². The molecule has 0 aliphatic heterocycles. The average molecular weight is 378 g/mol. The Kier molecular flexibility index (Phi) is 4.94. The van der Waals surface area contributed by atoms with E-state index in [1.165, 1.54) is 16.9 Å². The van der Waals surface area contributed by atoms with Crippen molar-refractivity contribution in [3.05, 3.63) is 57.6 Å². The van der Waals surface area contributed by atoms with Crippen molar-refractivity contribution in [2.75, 3.05) is 12.3 Å². The Bertz CT molecular complexity index is 1020. The Balaban J connectivity index is 1.91. The second-order valence-corrected chi connectivity index (χ2v) is 7.65. The summed E-state index contributed by atoms with van der Waals surface area (Å²) in [5, 5.41) is 0.885. The van der Waals surface area contributed by atoms with Gasteiger partial charge in [-0.15, -0.1) is 11.3 Å². The highest BCUT2D eigenvalue weighted by Gasteiger charge is 2.24. The molecule has 0 saturated heterocycles. The molecule has 0 unspecified atom stereocenters. The molecule has 27 heavy (non-hydrogen) atoms. The zero-order chi connectivity index (χ0) is 18.8. The number of rotatable bonds is 4. The van der Waals surface area contributed by atoms with E-state index in [1.54, 1.807) is 6.92 Å². The minimum Gasteiger partial charge on any atom is -0.462 e. The van der Waals surface area contributed by atoms with E-state index in [-0.39, 0.29) is 5.97 Å². The first-order chi connectivity index (χ1) is 13.2. The number of fused-ring (bicyclic) bond motifs is 2. The van der Waals surface area contributed by atoms with Gasteiger partial charge in [-0.05, 0) is 49.3 Å². The Morgan fingerprint density at radius 3 is 2.78 bits per heavy atom.